The second-order valence-corrected chi connectivity index (χ2v) is 12.9. The lowest BCUT2D eigenvalue weighted by Crippen LogP contribution is -2.53. The van der Waals surface area contributed by atoms with Gasteiger partial charge in [-0.05, 0) is 66.4 Å². The number of hydrogen-bond donors (Lipinski definition) is 1. The standard InChI is InChI=1S/C34H36BrN3O4S/c1-3-26-18-20-30(21-19-26)38(43(41,42)31-16-9-6-10-17-31)25-33(39)37(24-28-14-11-15-29(35)22-28)32(34(40)36-4-2)23-27-12-7-5-8-13-27/h5-22,32H,3-4,23-25H2,1-2H3,(H,36,40)/t32-/m1/s1. The Bertz CT molecular complexity index is 1610. The highest BCUT2D eigenvalue weighted by molar-refractivity contribution is 9.10. The first kappa shape index (κ1) is 32.0. The van der Waals surface area contributed by atoms with Crippen molar-refractivity contribution >= 4 is 43.5 Å². The first-order chi connectivity index (χ1) is 20.7. The van der Waals surface area contributed by atoms with Crippen molar-refractivity contribution < 1.29 is 18.0 Å². The van der Waals surface area contributed by atoms with Crippen LogP contribution in [0.15, 0.2) is 119 Å². The minimum absolute atomic E-state index is 0.0745. The summed E-state index contributed by atoms with van der Waals surface area (Å²) in [6, 6.07) is 31.4. The van der Waals surface area contributed by atoms with Crippen LogP contribution in [0.5, 0.6) is 0 Å². The van der Waals surface area contributed by atoms with E-state index in [4.69, 9.17) is 0 Å². The number of halogens is 1. The molecule has 4 rings (SSSR count). The molecule has 0 aromatic heterocycles. The van der Waals surface area contributed by atoms with Crippen LogP contribution in [0.2, 0.25) is 0 Å². The molecular weight excluding hydrogens is 626 g/mol. The molecule has 224 valence electrons. The third kappa shape index (κ3) is 8.33. The molecule has 0 aliphatic heterocycles. The average Bonchev–Trinajstić information content (AvgIpc) is 3.02. The van der Waals surface area contributed by atoms with E-state index < -0.39 is 28.5 Å². The molecule has 0 bridgehead atoms. The second-order valence-electron chi connectivity index (χ2n) is 10.1. The minimum Gasteiger partial charge on any atom is -0.355 e. The summed E-state index contributed by atoms with van der Waals surface area (Å²) in [7, 11) is -4.12. The average molecular weight is 663 g/mol. The summed E-state index contributed by atoms with van der Waals surface area (Å²) in [5, 5.41) is 2.88. The smallest absolute Gasteiger partial charge is 0.264 e. The summed E-state index contributed by atoms with van der Waals surface area (Å²) in [6.07, 6.45) is 1.06. The Morgan fingerprint density at radius 2 is 1.42 bits per heavy atom. The number of carbonyl (C=O) groups excluding carboxylic acids is 2. The predicted octanol–water partition coefficient (Wildman–Crippen LogP) is 5.98. The molecule has 1 N–H and O–H groups in total. The molecule has 43 heavy (non-hydrogen) atoms. The number of carbonyl (C=O) groups is 2. The van der Waals surface area contributed by atoms with Crippen LogP contribution in [0.4, 0.5) is 5.69 Å². The lowest BCUT2D eigenvalue weighted by atomic mass is 10.0. The van der Waals surface area contributed by atoms with E-state index in [-0.39, 0.29) is 23.8 Å². The zero-order chi connectivity index (χ0) is 30.8. The Kier molecular flexibility index (Phi) is 11.1. The molecular formula is C34H36BrN3O4S. The highest BCUT2D eigenvalue weighted by Gasteiger charge is 2.34. The fourth-order valence-corrected chi connectivity index (χ4v) is 6.71. The summed E-state index contributed by atoms with van der Waals surface area (Å²) in [5.74, 6) is -0.800. The molecule has 9 heteroatoms. The number of aryl methyl sites for hydroxylation is 1. The Labute approximate surface area is 262 Å². The minimum atomic E-state index is -4.12. The van der Waals surface area contributed by atoms with Crippen LogP contribution >= 0.6 is 15.9 Å². The largest absolute Gasteiger partial charge is 0.355 e. The second kappa shape index (κ2) is 15.0. The van der Waals surface area contributed by atoms with Gasteiger partial charge in [-0.3, -0.25) is 13.9 Å². The molecule has 4 aromatic carbocycles. The van der Waals surface area contributed by atoms with Gasteiger partial charge in [0.1, 0.15) is 12.6 Å². The van der Waals surface area contributed by atoms with Gasteiger partial charge in [0.05, 0.1) is 10.6 Å². The molecule has 0 aliphatic rings. The molecule has 0 radical (unpaired) electrons. The first-order valence-corrected chi connectivity index (χ1v) is 16.5. The van der Waals surface area contributed by atoms with Crippen molar-refractivity contribution in [1.29, 1.82) is 0 Å². The molecule has 0 aliphatic carbocycles. The maximum absolute atomic E-state index is 14.4. The SMILES string of the molecule is CCNC(=O)[C@@H](Cc1ccccc1)N(Cc1cccc(Br)c1)C(=O)CN(c1ccc(CC)cc1)S(=O)(=O)c1ccccc1. The van der Waals surface area contributed by atoms with Gasteiger partial charge in [0.15, 0.2) is 0 Å². The summed E-state index contributed by atoms with van der Waals surface area (Å²) in [5.41, 5.74) is 3.10. The van der Waals surface area contributed by atoms with Gasteiger partial charge in [0.25, 0.3) is 10.0 Å². The quantitative estimate of drug-likeness (QED) is 0.191. The van der Waals surface area contributed by atoms with E-state index in [1.165, 1.54) is 17.0 Å². The lowest BCUT2D eigenvalue weighted by molar-refractivity contribution is -0.140. The topological polar surface area (TPSA) is 86.8 Å². The van der Waals surface area contributed by atoms with Crippen LogP contribution in [-0.4, -0.2) is 44.3 Å². The number of nitrogens with one attached hydrogen (secondary N) is 1. The molecule has 0 spiro atoms. The van der Waals surface area contributed by atoms with Crippen LogP contribution in [0.3, 0.4) is 0 Å². The molecule has 0 unspecified atom stereocenters. The summed E-state index contributed by atoms with van der Waals surface area (Å²) in [6.45, 7) is 3.86. The van der Waals surface area contributed by atoms with E-state index in [2.05, 4.69) is 21.2 Å². The molecule has 2 amide bonds. The molecule has 4 aromatic rings. The van der Waals surface area contributed by atoms with Crippen LogP contribution in [0.1, 0.15) is 30.5 Å². The number of rotatable bonds is 13. The van der Waals surface area contributed by atoms with Crippen molar-refractivity contribution in [2.45, 2.75) is 44.2 Å². The Balaban J connectivity index is 1.79. The molecule has 0 saturated heterocycles. The lowest BCUT2D eigenvalue weighted by Gasteiger charge is -2.34. The van der Waals surface area contributed by atoms with Gasteiger partial charge in [-0.1, -0.05) is 95.7 Å². The number of hydrogen-bond acceptors (Lipinski definition) is 4. The van der Waals surface area contributed by atoms with E-state index in [1.807, 2.05) is 80.6 Å². The number of sulfonamides is 1. The summed E-state index contributed by atoms with van der Waals surface area (Å²) >= 11 is 3.50. The zero-order valence-electron chi connectivity index (χ0n) is 24.3. The van der Waals surface area contributed by atoms with Crippen LogP contribution in [0.25, 0.3) is 0 Å². The van der Waals surface area contributed by atoms with E-state index in [0.717, 1.165) is 31.9 Å². The van der Waals surface area contributed by atoms with E-state index in [0.29, 0.717) is 12.2 Å². The number of likely N-dealkylation sites (N-methyl/N-ethyl adjacent to an activating group) is 1. The normalized spacial score (nSPS) is 11.9. The predicted molar refractivity (Wildman–Crippen MR) is 174 cm³/mol. The summed E-state index contributed by atoms with van der Waals surface area (Å²) < 4.78 is 30.0. The maximum Gasteiger partial charge on any atom is 0.264 e. The van der Waals surface area contributed by atoms with Gasteiger partial charge in [0.2, 0.25) is 11.8 Å². The third-order valence-electron chi connectivity index (χ3n) is 7.11. The highest BCUT2D eigenvalue weighted by atomic mass is 79.9. The number of benzene rings is 4. The fourth-order valence-electron chi connectivity index (χ4n) is 4.82. The van der Waals surface area contributed by atoms with Gasteiger partial charge in [-0.25, -0.2) is 8.42 Å². The van der Waals surface area contributed by atoms with Gasteiger partial charge < -0.3 is 10.2 Å². The molecule has 0 fully saturated rings. The van der Waals surface area contributed by atoms with Gasteiger partial charge in [-0.15, -0.1) is 0 Å². The number of anilines is 1. The van der Waals surface area contributed by atoms with Crippen molar-refractivity contribution in [3.8, 4) is 0 Å². The van der Waals surface area contributed by atoms with Gasteiger partial charge in [0, 0.05) is 24.0 Å². The summed E-state index contributed by atoms with van der Waals surface area (Å²) in [4.78, 5) is 29.5. The monoisotopic (exact) mass is 661 g/mol. The van der Waals surface area contributed by atoms with E-state index in [9.17, 15) is 18.0 Å². The van der Waals surface area contributed by atoms with E-state index >= 15 is 0 Å². The Hall–Kier alpha value is -3.95. The Morgan fingerprint density at radius 3 is 2.02 bits per heavy atom. The maximum atomic E-state index is 14.4. The van der Waals surface area contributed by atoms with Crippen molar-refractivity contribution in [2.24, 2.45) is 0 Å². The molecule has 1 atom stereocenters. The van der Waals surface area contributed by atoms with Crippen molar-refractivity contribution in [3.63, 3.8) is 0 Å². The van der Waals surface area contributed by atoms with Crippen molar-refractivity contribution in [2.75, 3.05) is 17.4 Å². The number of nitrogens with zero attached hydrogens (tertiary/aromatic N) is 2. The number of amides is 2. The van der Waals surface area contributed by atoms with Crippen LogP contribution < -0.4 is 9.62 Å². The van der Waals surface area contributed by atoms with Crippen molar-refractivity contribution in [3.05, 3.63) is 130 Å². The first-order valence-electron chi connectivity index (χ1n) is 14.2. The van der Waals surface area contributed by atoms with Crippen LogP contribution in [-0.2, 0) is 39.0 Å². The molecule has 7 nitrogen and oxygen atoms in total. The third-order valence-corrected chi connectivity index (χ3v) is 9.39. The fraction of sp³-hybridized carbons (Fsp3) is 0.235. The Morgan fingerprint density at radius 1 is 0.791 bits per heavy atom. The van der Waals surface area contributed by atoms with E-state index in [1.54, 1.807) is 30.3 Å². The molecule has 0 saturated carbocycles. The zero-order valence-corrected chi connectivity index (χ0v) is 26.7. The highest BCUT2D eigenvalue weighted by Crippen LogP contribution is 2.26. The van der Waals surface area contributed by atoms with Crippen LogP contribution in [0, 0.1) is 0 Å². The molecule has 0 heterocycles. The van der Waals surface area contributed by atoms with Gasteiger partial charge in [-0.2, -0.15) is 0 Å². The van der Waals surface area contributed by atoms with Crippen molar-refractivity contribution in [1.82, 2.24) is 10.2 Å². The van der Waals surface area contributed by atoms with Gasteiger partial charge >= 0.3 is 0 Å².